The number of rotatable bonds is 4. The summed E-state index contributed by atoms with van der Waals surface area (Å²) in [5.41, 5.74) is 0.742. The highest BCUT2D eigenvalue weighted by Gasteiger charge is 2.29. The minimum absolute atomic E-state index is 0.0930. The number of aromatic nitrogens is 1. The van der Waals surface area contributed by atoms with Crippen LogP contribution in [0.4, 0.5) is 0 Å². The molecule has 0 atom stereocenters. The van der Waals surface area contributed by atoms with E-state index in [2.05, 4.69) is 4.98 Å². The quantitative estimate of drug-likeness (QED) is 0.676. The first-order chi connectivity index (χ1) is 12.8. The summed E-state index contributed by atoms with van der Waals surface area (Å²) < 4.78 is 26.8. The van der Waals surface area contributed by atoms with Gasteiger partial charge in [0, 0.05) is 37.6 Å². The van der Waals surface area contributed by atoms with E-state index in [1.807, 2.05) is 12.3 Å². The highest BCUT2D eigenvalue weighted by atomic mass is 35.5. The van der Waals surface area contributed by atoms with Crippen LogP contribution in [-0.2, 0) is 14.8 Å². The average molecular weight is 446 g/mol. The number of hydrogen-bond donors (Lipinski definition) is 0. The lowest BCUT2D eigenvalue weighted by atomic mass is 10.3. The Bertz CT molecular complexity index is 981. The molecule has 1 fully saturated rings. The van der Waals surface area contributed by atoms with Crippen LogP contribution >= 0.6 is 34.5 Å². The normalized spacial score (nSPS) is 16.2. The number of piperazine rings is 1. The SMILES string of the molecule is Cc1nc(/C=C\C(=O)N2CCN(S(=O)(=O)c3ccc(Cl)c(Cl)c3)CC2)cs1. The maximum absolute atomic E-state index is 12.7. The van der Waals surface area contributed by atoms with Crippen molar-refractivity contribution < 1.29 is 13.2 Å². The monoisotopic (exact) mass is 445 g/mol. The van der Waals surface area contributed by atoms with Gasteiger partial charge in [-0.05, 0) is 31.2 Å². The minimum atomic E-state index is -3.68. The van der Waals surface area contributed by atoms with Gasteiger partial charge in [-0.1, -0.05) is 23.2 Å². The molecule has 1 aliphatic rings. The lowest BCUT2D eigenvalue weighted by molar-refractivity contribution is -0.127. The molecule has 0 N–H and O–H groups in total. The number of amides is 1. The van der Waals surface area contributed by atoms with E-state index in [-0.39, 0.29) is 28.9 Å². The van der Waals surface area contributed by atoms with Gasteiger partial charge in [-0.15, -0.1) is 11.3 Å². The van der Waals surface area contributed by atoms with Gasteiger partial charge in [0.25, 0.3) is 0 Å². The molecule has 0 saturated carbocycles. The van der Waals surface area contributed by atoms with Gasteiger partial charge in [-0.25, -0.2) is 13.4 Å². The van der Waals surface area contributed by atoms with Gasteiger partial charge < -0.3 is 4.90 Å². The fraction of sp³-hybridized carbons (Fsp3) is 0.294. The molecule has 1 amide bonds. The van der Waals surface area contributed by atoms with Gasteiger partial charge in [-0.3, -0.25) is 4.79 Å². The molecule has 10 heteroatoms. The summed E-state index contributed by atoms with van der Waals surface area (Å²) in [6.07, 6.45) is 3.14. The van der Waals surface area contributed by atoms with Crippen molar-refractivity contribution in [3.63, 3.8) is 0 Å². The van der Waals surface area contributed by atoms with Crippen LogP contribution in [-0.4, -0.2) is 54.7 Å². The number of nitrogens with zero attached hydrogens (tertiary/aromatic N) is 3. The Hall–Kier alpha value is -1.45. The third-order valence-electron chi connectivity index (χ3n) is 4.11. The van der Waals surface area contributed by atoms with E-state index < -0.39 is 10.0 Å². The number of hydrogen-bond acceptors (Lipinski definition) is 5. The zero-order chi connectivity index (χ0) is 19.6. The van der Waals surface area contributed by atoms with Crippen LogP contribution in [0.2, 0.25) is 10.0 Å². The Morgan fingerprint density at radius 3 is 2.48 bits per heavy atom. The second-order valence-corrected chi connectivity index (χ2v) is 9.74. The molecule has 2 aromatic rings. The predicted octanol–water partition coefficient (Wildman–Crippen LogP) is 3.30. The maximum atomic E-state index is 12.7. The highest BCUT2D eigenvalue weighted by molar-refractivity contribution is 7.89. The van der Waals surface area contributed by atoms with Gasteiger partial charge in [0.1, 0.15) is 0 Å². The van der Waals surface area contributed by atoms with Gasteiger partial charge >= 0.3 is 0 Å². The van der Waals surface area contributed by atoms with E-state index in [4.69, 9.17) is 23.2 Å². The van der Waals surface area contributed by atoms with Gasteiger partial charge in [-0.2, -0.15) is 4.31 Å². The molecule has 0 bridgehead atoms. The molecule has 0 radical (unpaired) electrons. The predicted molar refractivity (Wildman–Crippen MR) is 108 cm³/mol. The summed E-state index contributed by atoms with van der Waals surface area (Å²) >= 11 is 13.3. The van der Waals surface area contributed by atoms with E-state index in [9.17, 15) is 13.2 Å². The van der Waals surface area contributed by atoms with Gasteiger partial charge in [0.05, 0.1) is 25.6 Å². The first kappa shape index (κ1) is 20.3. The average Bonchev–Trinajstić information content (AvgIpc) is 3.07. The lowest BCUT2D eigenvalue weighted by Crippen LogP contribution is -2.50. The Labute approximate surface area is 172 Å². The van der Waals surface area contributed by atoms with Crippen LogP contribution in [0.1, 0.15) is 10.7 Å². The van der Waals surface area contributed by atoms with Crippen LogP contribution in [0.3, 0.4) is 0 Å². The van der Waals surface area contributed by atoms with Crippen molar-refractivity contribution in [2.45, 2.75) is 11.8 Å². The molecular weight excluding hydrogens is 429 g/mol. The third-order valence-corrected chi connectivity index (χ3v) is 7.54. The van der Waals surface area contributed by atoms with Crippen molar-refractivity contribution in [1.29, 1.82) is 0 Å². The summed E-state index contributed by atoms with van der Waals surface area (Å²) in [5, 5.41) is 3.30. The number of benzene rings is 1. The Morgan fingerprint density at radius 2 is 1.89 bits per heavy atom. The molecule has 27 heavy (non-hydrogen) atoms. The fourth-order valence-electron chi connectivity index (χ4n) is 2.65. The van der Waals surface area contributed by atoms with Crippen molar-refractivity contribution in [3.05, 3.63) is 50.4 Å². The fourth-order valence-corrected chi connectivity index (χ4v) is 5.05. The molecule has 3 rings (SSSR count). The van der Waals surface area contributed by atoms with E-state index in [1.165, 1.54) is 39.9 Å². The van der Waals surface area contributed by atoms with Crippen molar-refractivity contribution in [1.82, 2.24) is 14.2 Å². The molecule has 6 nitrogen and oxygen atoms in total. The molecule has 0 unspecified atom stereocenters. The van der Waals surface area contributed by atoms with Crippen LogP contribution in [0.25, 0.3) is 6.08 Å². The Balaban J connectivity index is 1.63. The Kier molecular flexibility index (Phi) is 6.22. The Morgan fingerprint density at radius 1 is 1.19 bits per heavy atom. The van der Waals surface area contributed by atoms with Crippen LogP contribution < -0.4 is 0 Å². The van der Waals surface area contributed by atoms with Crippen molar-refractivity contribution in [2.24, 2.45) is 0 Å². The first-order valence-corrected chi connectivity index (χ1v) is 11.2. The van der Waals surface area contributed by atoms with Crippen molar-refractivity contribution in [3.8, 4) is 0 Å². The molecule has 1 aliphatic heterocycles. The van der Waals surface area contributed by atoms with E-state index in [0.29, 0.717) is 18.1 Å². The van der Waals surface area contributed by atoms with Crippen molar-refractivity contribution in [2.75, 3.05) is 26.2 Å². The smallest absolute Gasteiger partial charge is 0.246 e. The number of halogens is 2. The summed E-state index contributed by atoms with van der Waals surface area (Å²) in [6, 6.07) is 4.23. The largest absolute Gasteiger partial charge is 0.337 e. The molecule has 144 valence electrons. The molecule has 0 aliphatic carbocycles. The summed E-state index contributed by atoms with van der Waals surface area (Å²) in [4.78, 5) is 18.3. The van der Waals surface area contributed by atoms with Crippen LogP contribution in [0, 0.1) is 6.92 Å². The molecule has 1 aromatic heterocycles. The number of carbonyl (C=O) groups is 1. The van der Waals surface area contributed by atoms with Gasteiger partial charge in [0.2, 0.25) is 15.9 Å². The standard InChI is InChI=1S/C17H17Cl2N3O3S2/c1-12-20-13(11-26-12)2-5-17(23)21-6-8-22(9-7-21)27(24,25)14-3-4-15(18)16(19)10-14/h2-5,10-11H,6-9H2,1H3/b5-2-. The van der Waals surface area contributed by atoms with Gasteiger partial charge in [0.15, 0.2) is 0 Å². The molecule has 2 heterocycles. The topological polar surface area (TPSA) is 70.6 Å². The molecule has 0 spiro atoms. The summed E-state index contributed by atoms with van der Waals surface area (Å²) in [5.74, 6) is -0.160. The second-order valence-electron chi connectivity index (χ2n) is 5.93. The van der Waals surface area contributed by atoms with Crippen LogP contribution in [0.15, 0.2) is 34.6 Å². The zero-order valence-electron chi connectivity index (χ0n) is 14.4. The maximum Gasteiger partial charge on any atom is 0.246 e. The number of sulfonamides is 1. The second kappa shape index (κ2) is 8.28. The lowest BCUT2D eigenvalue weighted by Gasteiger charge is -2.33. The highest BCUT2D eigenvalue weighted by Crippen LogP contribution is 2.27. The van der Waals surface area contributed by atoms with E-state index >= 15 is 0 Å². The van der Waals surface area contributed by atoms with E-state index in [0.717, 1.165) is 10.7 Å². The van der Waals surface area contributed by atoms with E-state index in [1.54, 1.807) is 11.0 Å². The zero-order valence-corrected chi connectivity index (χ0v) is 17.6. The number of carbonyl (C=O) groups excluding carboxylic acids is 1. The number of thiazole rings is 1. The molecular formula is C17H17Cl2N3O3S2. The molecule has 1 aromatic carbocycles. The van der Waals surface area contributed by atoms with Crippen LogP contribution in [0.5, 0.6) is 0 Å². The summed E-state index contributed by atoms with van der Waals surface area (Å²) in [7, 11) is -3.68. The number of aryl methyl sites for hydroxylation is 1. The first-order valence-electron chi connectivity index (χ1n) is 8.12. The minimum Gasteiger partial charge on any atom is -0.337 e. The molecule has 1 saturated heterocycles. The summed E-state index contributed by atoms with van der Waals surface area (Å²) in [6.45, 7) is 2.98. The third kappa shape index (κ3) is 4.70. The van der Waals surface area contributed by atoms with Crippen molar-refractivity contribution >= 4 is 56.5 Å².